The molecule has 0 saturated carbocycles. The zero-order valence-electron chi connectivity index (χ0n) is 17.3. The second kappa shape index (κ2) is 8.79. The number of amides is 1. The third kappa shape index (κ3) is 4.41. The molecule has 166 valence electrons. The fourth-order valence-electron chi connectivity index (χ4n) is 3.75. The molecule has 1 aliphatic heterocycles. The second-order valence-corrected chi connectivity index (χ2v) is 8.59. The second-order valence-electron chi connectivity index (χ2n) is 7.59. The molecule has 5 nitrogen and oxygen atoms in total. The number of thiophene rings is 1. The number of carbonyl (C=O) groups excluding carboxylic acids is 1. The highest BCUT2D eigenvalue weighted by Gasteiger charge is 2.30. The van der Waals surface area contributed by atoms with Gasteiger partial charge >= 0.3 is 6.18 Å². The van der Waals surface area contributed by atoms with Crippen LogP contribution in [0.1, 0.15) is 51.4 Å². The van der Waals surface area contributed by atoms with Crippen molar-refractivity contribution in [2.45, 2.75) is 45.3 Å². The number of hydrogen-bond acceptors (Lipinski definition) is 4. The Kier molecular flexibility index (Phi) is 6.07. The first kappa shape index (κ1) is 22.1. The van der Waals surface area contributed by atoms with Crippen LogP contribution in [0.25, 0.3) is 10.2 Å². The van der Waals surface area contributed by atoms with Crippen LogP contribution in [0.15, 0.2) is 29.1 Å². The van der Waals surface area contributed by atoms with E-state index in [-0.39, 0.29) is 23.6 Å². The Morgan fingerprint density at radius 2 is 2.09 bits per heavy atom. The zero-order valence-corrected chi connectivity index (χ0v) is 18.1. The summed E-state index contributed by atoms with van der Waals surface area (Å²) >= 11 is 1.18. The number of nitrogens with zero attached hydrogens (tertiary/aromatic N) is 2. The molecule has 3 aromatic rings. The van der Waals surface area contributed by atoms with E-state index in [0.717, 1.165) is 43.6 Å². The van der Waals surface area contributed by atoms with E-state index in [0.29, 0.717) is 27.2 Å². The number of aryl methyl sites for hydroxylation is 2. The molecule has 0 fully saturated rings. The van der Waals surface area contributed by atoms with E-state index in [1.54, 1.807) is 11.5 Å². The van der Waals surface area contributed by atoms with Crippen LogP contribution in [-0.4, -0.2) is 22.0 Å². The molecule has 0 saturated heterocycles. The monoisotopic (exact) mass is 459 g/mol. The van der Waals surface area contributed by atoms with Crippen LogP contribution in [0.3, 0.4) is 0 Å². The van der Waals surface area contributed by atoms with Gasteiger partial charge in [-0.3, -0.25) is 14.2 Å². The van der Waals surface area contributed by atoms with E-state index >= 15 is 0 Å². The molecule has 1 aliphatic rings. The number of fused-ring (bicyclic) bond motifs is 2. The molecule has 4 rings (SSSR count). The van der Waals surface area contributed by atoms with Gasteiger partial charge in [-0.25, -0.2) is 4.98 Å². The number of rotatable bonds is 2. The lowest BCUT2D eigenvalue weighted by molar-refractivity contribution is -0.137. The Morgan fingerprint density at radius 3 is 2.88 bits per heavy atom. The highest BCUT2D eigenvalue weighted by atomic mass is 32.1. The molecule has 9 heteroatoms. The average molecular weight is 459 g/mol. The number of alkyl halides is 3. The summed E-state index contributed by atoms with van der Waals surface area (Å²) in [5.41, 5.74) is -0.0771. The molecule has 1 amide bonds. The minimum atomic E-state index is -4.43. The smallest absolute Gasteiger partial charge is 0.340 e. The molecule has 1 N–H and O–H groups in total. The first-order valence-electron chi connectivity index (χ1n) is 10.2. The minimum absolute atomic E-state index is 0.0360. The van der Waals surface area contributed by atoms with Gasteiger partial charge in [0.1, 0.15) is 10.7 Å². The number of hydrogen-bond donors (Lipinski definition) is 1. The van der Waals surface area contributed by atoms with Crippen LogP contribution >= 0.6 is 11.3 Å². The lowest BCUT2D eigenvalue weighted by atomic mass is 10.1. The van der Waals surface area contributed by atoms with Crippen LogP contribution in [0, 0.1) is 18.8 Å². The molecule has 0 unspecified atom stereocenters. The van der Waals surface area contributed by atoms with Gasteiger partial charge in [-0.2, -0.15) is 13.2 Å². The van der Waals surface area contributed by atoms with Crippen molar-refractivity contribution >= 4 is 27.5 Å². The van der Waals surface area contributed by atoms with E-state index in [1.807, 2.05) is 0 Å². The van der Waals surface area contributed by atoms with Gasteiger partial charge in [-0.15, -0.1) is 11.3 Å². The van der Waals surface area contributed by atoms with Gasteiger partial charge in [0.15, 0.2) is 0 Å². The SMILES string of the molecule is Cc1c(C(=O)NCC#Cc2cccc(C(F)(F)F)c2)sc2nc3n(c(=O)c12)CCCCC3. The molecule has 1 aromatic carbocycles. The lowest BCUT2D eigenvalue weighted by Crippen LogP contribution is -2.25. The normalized spacial score (nSPS) is 13.8. The van der Waals surface area contributed by atoms with E-state index < -0.39 is 11.7 Å². The molecule has 32 heavy (non-hydrogen) atoms. The van der Waals surface area contributed by atoms with Gasteiger partial charge in [-0.05, 0) is 43.5 Å². The van der Waals surface area contributed by atoms with Crippen molar-refractivity contribution in [1.82, 2.24) is 14.9 Å². The van der Waals surface area contributed by atoms with E-state index in [2.05, 4.69) is 22.1 Å². The quantitative estimate of drug-likeness (QED) is 0.582. The number of nitrogens with one attached hydrogen (secondary N) is 1. The lowest BCUT2D eigenvalue weighted by Gasteiger charge is -2.08. The van der Waals surface area contributed by atoms with Crippen LogP contribution in [0.4, 0.5) is 13.2 Å². The maximum absolute atomic E-state index is 13.0. The van der Waals surface area contributed by atoms with Crippen molar-refractivity contribution in [3.8, 4) is 11.8 Å². The van der Waals surface area contributed by atoms with Gasteiger partial charge in [0.2, 0.25) is 0 Å². The Balaban J connectivity index is 1.52. The van der Waals surface area contributed by atoms with E-state index in [9.17, 15) is 22.8 Å². The molecule has 0 radical (unpaired) electrons. The van der Waals surface area contributed by atoms with Crippen LogP contribution in [0.2, 0.25) is 0 Å². The van der Waals surface area contributed by atoms with Crippen LogP contribution < -0.4 is 10.9 Å². The van der Waals surface area contributed by atoms with Crippen molar-refractivity contribution in [3.05, 3.63) is 62.0 Å². The van der Waals surface area contributed by atoms with Crippen molar-refractivity contribution in [1.29, 1.82) is 0 Å². The first-order chi connectivity index (χ1) is 15.3. The molecule has 0 spiro atoms. The summed E-state index contributed by atoms with van der Waals surface area (Å²) in [5.74, 6) is 5.68. The summed E-state index contributed by atoms with van der Waals surface area (Å²) in [6, 6.07) is 4.71. The van der Waals surface area contributed by atoms with Crippen molar-refractivity contribution in [2.75, 3.05) is 6.54 Å². The van der Waals surface area contributed by atoms with E-state index in [4.69, 9.17) is 0 Å². The average Bonchev–Trinajstić information content (AvgIpc) is 2.92. The number of carbonyl (C=O) groups is 1. The van der Waals surface area contributed by atoms with Crippen molar-refractivity contribution < 1.29 is 18.0 Å². The Morgan fingerprint density at radius 1 is 1.28 bits per heavy atom. The third-order valence-corrected chi connectivity index (χ3v) is 6.56. The van der Waals surface area contributed by atoms with Gasteiger partial charge in [0.25, 0.3) is 11.5 Å². The largest absolute Gasteiger partial charge is 0.416 e. The molecule has 3 heterocycles. The Labute approximate surface area is 186 Å². The summed E-state index contributed by atoms with van der Waals surface area (Å²) in [4.78, 5) is 31.3. The standard InChI is InChI=1S/C23H20F3N3O2S/c1-14-18-21(28-17-10-3-2-4-12-29(17)22(18)31)32-19(14)20(30)27-11-6-8-15-7-5-9-16(13-15)23(24,25)26/h5,7,9,13H,2-4,10-12H2,1H3,(H,27,30). The summed E-state index contributed by atoms with van der Waals surface area (Å²) < 4.78 is 40.1. The van der Waals surface area contributed by atoms with Crippen LogP contribution in [-0.2, 0) is 19.1 Å². The maximum Gasteiger partial charge on any atom is 0.416 e. The summed E-state index contributed by atoms with van der Waals surface area (Å²) in [6.45, 7) is 2.33. The predicted molar refractivity (Wildman–Crippen MR) is 117 cm³/mol. The molecule has 0 bridgehead atoms. The first-order valence-corrected chi connectivity index (χ1v) is 11.0. The fraction of sp³-hybridized carbons (Fsp3) is 0.348. The molecule has 0 aliphatic carbocycles. The van der Waals surface area contributed by atoms with Gasteiger partial charge in [0, 0.05) is 18.5 Å². The minimum Gasteiger partial charge on any atom is -0.340 e. The molecular weight excluding hydrogens is 439 g/mol. The molecular formula is C23H20F3N3O2S. The van der Waals surface area contributed by atoms with Crippen molar-refractivity contribution in [2.24, 2.45) is 0 Å². The molecule has 0 atom stereocenters. The van der Waals surface area contributed by atoms with Gasteiger partial charge in [0.05, 0.1) is 22.4 Å². The van der Waals surface area contributed by atoms with E-state index in [1.165, 1.54) is 23.5 Å². The van der Waals surface area contributed by atoms with Gasteiger partial charge < -0.3 is 5.32 Å². The summed E-state index contributed by atoms with van der Waals surface area (Å²) in [7, 11) is 0. The number of benzene rings is 1. The fourth-order valence-corrected chi connectivity index (χ4v) is 4.86. The van der Waals surface area contributed by atoms with Gasteiger partial charge in [-0.1, -0.05) is 24.3 Å². The topological polar surface area (TPSA) is 64.0 Å². The highest BCUT2D eigenvalue weighted by molar-refractivity contribution is 7.20. The summed E-state index contributed by atoms with van der Waals surface area (Å²) in [5, 5.41) is 3.13. The highest BCUT2D eigenvalue weighted by Crippen LogP contribution is 2.30. The van der Waals surface area contributed by atoms with Crippen molar-refractivity contribution in [3.63, 3.8) is 0 Å². The summed E-state index contributed by atoms with van der Waals surface area (Å²) in [6.07, 6.45) is -0.712. The Hall–Kier alpha value is -3.12. The Bertz CT molecular complexity index is 1310. The zero-order chi connectivity index (χ0) is 22.9. The third-order valence-electron chi connectivity index (χ3n) is 5.38. The number of halogens is 3. The van der Waals surface area contributed by atoms with Crippen LogP contribution in [0.5, 0.6) is 0 Å². The number of aromatic nitrogens is 2. The maximum atomic E-state index is 13.0. The molecule has 2 aromatic heterocycles. The predicted octanol–water partition coefficient (Wildman–Crippen LogP) is 4.29.